The molecule has 3 N–H and O–H groups in total. The molecule has 2 atom stereocenters. The number of carbonyl (C=O) groups is 3. The van der Waals surface area contributed by atoms with Crippen molar-refractivity contribution in [1.82, 2.24) is 5.32 Å². The number of carboxylic acids is 1. The standard InChI is InChI=1S/C19H18N2O5/c22-17-14(13-8-4-5-9-15(13)20-17)10-16(18(23)24)21-19(25)26-11-12-6-2-1-3-7-12/h1-9,14,16H,10-11H2,(H,20,22)(H,21,25)(H,23,24). The van der Waals surface area contributed by atoms with E-state index >= 15 is 0 Å². The average Bonchev–Trinajstić information content (AvgIpc) is 2.95. The normalized spacial score (nSPS) is 16.3. The summed E-state index contributed by atoms with van der Waals surface area (Å²) in [5.41, 5.74) is 2.18. The van der Waals surface area contributed by atoms with Gasteiger partial charge in [-0.05, 0) is 23.6 Å². The molecule has 1 aliphatic heterocycles. The molecule has 0 aliphatic carbocycles. The van der Waals surface area contributed by atoms with Gasteiger partial charge >= 0.3 is 12.1 Å². The third kappa shape index (κ3) is 4.00. The Labute approximate surface area is 150 Å². The lowest BCUT2D eigenvalue weighted by Gasteiger charge is -2.17. The number of aliphatic carboxylic acids is 1. The van der Waals surface area contributed by atoms with Crippen molar-refractivity contribution in [1.29, 1.82) is 0 Å². The third-order valence-electron chi connectivity index (χ3n) is 4.18. The summed E-state index contributed by atoms with van der Waals surface area (Å²) in [6, 6.07) is 14.9. The number of anilines is 1. The number of hydrogen-bond acceptors (Lipinski definition) is 4. The van der Waals surface area contributed by atoms with Crippen molar-refractivity contribution in [3.63, 3.8) is 0 Å². The molecule has 2 amide bonds. The molecule has 134 valence electrons. The van der Waals surface area contributed by atoms with Gasteiger partial charge in [-0.25, -0.2) is 9.59 Å². The zero-order chi connectivity index (χ0) is 18.5. The van der Waals surface area contributed by atoms with Gasteiger partial charge in [0.1, 0.15) is 12.6 Å². The molecular formula is C19H18N2O5. The van der Waals surface area contributed by atoms with E-state index in [4.69, 9.17) is 4.74 Å². The molecule has 0 spiro atoms. The van der Waals surface area contributed by atoms with Gasteiger partial charge < -0.3 is 20.5 Å². The first-order chi connectivity index (χ1) is 12.5. The first kappa shape index (κ1) is 17.5. The van der Waals surface area contributed by atoms with Crippen molar-refractivity contribution in [2.24, 2.45) is 0 Å². The van der Waals surface area contributed by atoms with Crippen LogP contribution in [0.5, 0.6) is 0 Å². The van der Waals surface area contributed by atoms with E-state index in [0.717, 1.165) is 11.1 Å². The van der Waals surface area contributed by atoms with Crippen LogP contribution in [0.25, 0.3) is 0 Å². The molecule has 0 bridgehead atoms. The van der Waals surface area contributed by atoms with Crippen LogP contribution in [-0.2, 0) is 20.9 Å². The molecular weight excluding hydrogens is 336 g/mol. The molecule has 0 saturated carbocycles. The van der Waals surface area contributed by atoms with Crippen molar-refractivity contribution in [3.8, 4) is 0 Å². The van der Waals surface area contributed by atoms with Crippen LogP contribution in [0.4, 0.5) is 10.5 Å². The summed E-state index contributed by atoms with van der Waals surface area (Å²) in [6.45, 7) is 0.0335. The first-order valence-corrected chi connectivity index (χ1v) is 8.14. The lowest BCUT2D eigenvalue weighted by molar-refractivity contribution is -0.139. The smallest absolute Gasteiger partial charge is 0.408 e. The lowest BCUT2D eigenvalue weighted by atomic mass is 9.93. The number of benzene rings is 2. The summed E-state index contributed by atoms with van der Waals surface area (Å²) in [7, 11) is 0. The lowest BCUT2D eigenvalue weighted by Crippen LogP contribution is -2.42. The van der Waals surface area contributed by atoms with Gasteiger partial charge in [0, 0.05) is 5.69 Å². The molecule has 0 radical (unpaired) electrons. The van der Waals surface area contributed by atoms with Crippen molar-refractivity contribution < 1.29 is 24.2 Å². The highest BCUT2D eigenvalue weighted by Gasteiger charge is 2.35. The van der Waals surface area contributed by atoms with Crippen LogP contribution < -0.4 is 10.6 Å². The number of fused-ring (bicyclic) bond motifs is 1. The largest absolute Gasteiger partial charge is 0.480 e. The van der Waals surface area contributed by atoms with Crippen LogP contribution in [0.1, 0.15) is 23.5 Å². The van der Waals surface area contributed by atoms with Gasteiger partial charge in [-0.2, -0.15) is 0 Å². The Morgan fingerprint density at radius 2 is 1.81 bits per heavy atom. The van der Waals surface area contributed by atoms with E-state index in [0.29, 0.717) is 5.69 Å². The Bertz CT molecular complexity index is 822. The van der Waals surface area contributed by atoms with E-state index in [9.17, 15) is 19.5 Å². The third-order valence-corrected chi connectivity index (χ3v) is 4.18. The summed E-state index contributed by atoms with van der Waals surface area (Å²) in [5.74, 6) is -2.14. The Balaban J connectivity index is 1.62. The molecule has 7 nitrogen and oxygen atoms in total. The quantitative estimate of drug-likeness (QED) is 0.739. The second-order valence-corrected chi connectivity index (χ2v) is 5.96. The first-order valence-electron chi connectivity index (χ1n) is 8.14. The SMILES string of the molecule is O=C(NC(CC1C(=O)Nc2ccccc21)C(=O)O)OCc1ccccc1. The van der Waals surface area contributed by atoms with Crippen LogP contribution >= 0.6 is 0 Å². The van der Waals surface area contributed by atoms with Gasteiger partial charge in [0.25, 0.3) is 0 Å². The zero-order valence-electron chi connectivity index (χ0n) is 13.8. The van der Waals surface area contributed by atoms with Gasteiger partial charge in [-0.15, -0.1) is 0 Å². The molecule has 3 rings (SSSR count). The molecule has 26 heavy (non-hydrogen) atoms. The second kappa shape index (κ2) is 7.69. The minimum atomic E-state index is -1.24. The maximum atomic E-state index is 12.1. The minimum absolute atomic E-state index is 0.0335. The maximum Gasteiger partial charge on any atom is 0.408 e. The fourth-order valence-corrected chi connectivity index (χ4v) is 2.87. The Morgan fingerprint density at radius 3 is 2.54 bits per heavy atom. The average molecular weight is 354 g/mol. The highest BCUT2D eigenvalue weighted by atomic mass is 16.5. The van der Waals surface area contributed by atoms with E-state index < -0.39 is 24.0 Å². The fourth-order valence-electron chi connectivity index (χ4n) is 2.87. The monoisotopic (exact) mass is 354 g/mol. The van der Waals surface area contributed by atoms with Crippen molar-refractivity contribution in [2.45, 2.75) is 25.0 Å². The summed E-state index contributed by atoms with van der Waals surface area (Å²) < 4.78 is 5.06. The topological polar surface area (TPSA) is 105 Å². The predicted octanol–water partition coefficient (Wildman–Crippen LogP) is 2.49. The second-order valence-electron chi connectivity index (χ2n) is 5.96. The summed E-state index contributed by atoms with van der Waals surface area (Å²) >= 11 is 0. The number of carbonyl (C=O) groups excluding carboxylic acids is 2. The number of amides is 2. The van der Waals surface area contributed by atoms with E-state index in [1.807, 2.05) is 18.2 Å². The minimum Gasteiger partial charge on any atom is -0.480 e. The number of rotatable bonds is 6. The van der Waals surface area contributed by atoms with E-state index in [1.54, 1.807) is 36.4 Å². The van der Waals surface area contributed by atoms with Crippen molar-refractivity contribution >= 4 is 23.7 Å². The van der Waals surface area contributed by atoms with Gasteiger partial charge in [-0.3, -0.25) is 4.79 Å². The Hall–Kier alpha value is -3.35. The van der Waals surface area contributed by atoms with Crippen LogP contribution in [0.3, 0.4) is 0 Å². The Kier molecular flexibility index (Phi) is 5.17. The summed E-state index contributed by atoms with van der Waals surface area (Å²) in [6.07, 6.45) is -0.897. The number of ether oxygens (including phenoxy) is 1. The molecule has 2 aromatic rings. The van der Waals surface area contributed by atoms with Gasteiger partial charge in [0.15, 0.2) is 0 Å². The summed E-state index contributed by atoms with van der Waals surface area (Å²) in [5, 5.41) is 14.4. The van der Waals surface area contributed by atoms with Crippen molar-refractivity contribution in [3.05, 3.63) is 65.7 Å². The van der Waals surface area contributed by atoms with E-state index in [2.05, 4.69) is 10.6 Å². The molecule has 7 heteroatoms. The number of hydrogen-bond donors (Lipinski definition) is 3. The molecule has 2 unspecified atom stereocenters. The number of para-hydroxylation sites is 1. The number of alkyl carbamates (subject to hydrolysis) is 1. The highest BCUT2D eigenvalue weighted by Crippen LogP contribution is 2.35. The van der Waals surface area contributed by atoms with Crippen molar-refractivity contribution in [2.75, 3.05) is 5.32 Å². The van der Waals surface area contributed by atoms with Crippen LogP contribution in [0.15, 0.2) is 54.6 Å². The highest BCUT2D eigenvalue weighted by molar-refractivity contribution is 6.03. The van der Waals surface area contributed by atoms with Gasteiger partial charge in [0.2, 0.25) is 5.91 Å². The van der Waals surface area contributed by atoms with E-state index in [-0.39, 0.29) is 18.9 Å². The fraction of sp³-hybridized carbons (Fsp3) is 0.211. The van der Waals surface area contributed by atoms with Crippen LogP contribution in [0.2, 0.25) is 0 Å². The molecule has 1 heterocycles. The number of nitrogens with one attached hydrogen (secondary N) is 2. The predicted molar refractivity (Wildman–Crippen MR) is 93.6 cm³/mol. The number of carboxylic acid groups (broad SMARTS) is 1. The molecule has 1 aliphatic rings. The molecule has 2 aromatic carbocycles. The van der Waals surface area contributed by atoms with Gasteiger partial charge in [-0.1, -0.05) is 48.5 Å². The maximum absolute atomic E-state index is 12.1. The zero-order valence-corrected chi connectivity index (χ0v) is 13.8. The van der Waals surface area contributed by atoms with Crippen LogP contribution in [0, 0.1) is 0 Å². The molecule has 0 saturated heterocycles. The van der Waals surface area contributed by atoms with Gasteiger partial charge in [0.05, 0.1) is 5.92 Å². The van der Waals surface area contributed by atoms with Crippen LogP contribution in [-0.4, -0.2) is 29.1 Å². The van der Waals surface area contributed by atoms with E-state index in [1.165, 1.54) is 0 Å². The molecule has 0 fully saturated rings. The Morgan fingerprint density at radius 1 is 1.12 bits per heavy atom. The molecule has 0 aromatic heterocycles. The summed E-state index contributed by atoms with van der Waals surface area (Å²) in [4.78, 5) is 35.6.